The maximum Gasteiger partial charge on any atom is 4.00 e. The summed E-state index contributed by atoms with van der Waals surface area (Å²) in [7, 11) is -1.36. The number of benzene rings is 1. The Kier molecular flexibility index (Phi) is 11.4. The topological polar surface area (TPSA) is 0 Å². The molecule has 2 heteroatoms. The summed E-state index contributed by atoms with van der Waals surface area (Å²) in [6.07, 6.45) is 9.05. The molecule has 130 valence electrons. The number of allylic oxidation sites excluding steroid dienone is 4. The summed E-state index contributed by atoms with van der Waals surface area (Å²) in [6, 6.07) is 12.5. The first kappa shape index (κ1) is 25.9. The van der Waals surface area contributed by atoms with E-state index in [1.807, 2.05) is 0 Å². The van der Waals surface area contributed by atoms with Crippen molar-refractivity contribution in [3.05, 3.63) is 75.4 Å². The molecular weight excluding hydrogens is 340 g/mol. The Morgan fingerprint density at radius 1 is 1.00 bits per heavy atom. The van der Waals surface area contributed by atoms with Gasteiger partial charge in [-0.2, -0.15) is 5.57 Å². The van der Waals surface area contributed by atoms with Gasteiger partial charge in [0.15, 0.2) is 0 Å². The van der Waals surface area contributed by atoms with E-state index in [0.29, 0.717) is 5.92 Å². The third kappa shape index (κ3) is 5.31. The quantitative estimate of drug-likeness (QED) is 0.436. The summed E-state index contributed by atoms with van der Waals surface area (Å²) in [5, 5.41) is 1.60. The molecule has 1 aromatic rings. The predicted octanol–water partition coefficient (Wildman–Crippen LogP) is 6.20. The largest absolute Gasteiger partial charge is 4.00 e. The minimum absolute atomic E-state index is 0. The van der Waals surface area contributed by atoms with Crippen LogP contribution in [0.2, 0.25) is 19.1 Å². The smallest absolute Gasteiger partial charge is 0.358 e. The molecule has 2 aliphatic carbocycles. The first-order valence-corrected chi connectivity index (χ1v) is 11.2. The van der Waals surface area contributed by atoms with E-state index in [9.17, 15) is 0 Å². The molecule has 1 unspecified atom stereocenters. The first-order chi connectivity index (χ1) is 9.58. The molecule has 0 saturated heterocycles. The summed E-state index contributed by atoms with van der Waals surface area (Å²) >= 11 is 0. The maximum absolute atomic E-state index is 3.70. The fraction of sp³-hybridized carbons (Fsp3) is 0.409. The van der Waals surface area contributed by atoms with Gasteiger partial charge in [0.05, 0.1) is 8.07 Å². The fourth-order valence-electron chi connectivity index (χ4n) is 3.84. The van der Waals surface area contributed by atoms with Crippen molar-refractivity contribution in [3.63, 3.8) is 0 Å². The summed E-state index contributed by atoms with van der Waals surface area (Å²) in [4.78, 5) is 0. The summed E-state index contributed by atoms with van der Waals surface area (Å²) in [6.45, 7) is 7.35. The molecule has 1 aromatic carbocycles. The van der Waals surface area contributed by atoms with Gasteiger partial charge in [-0.1, -0.05) is 93.2 Å². The van der Waals surface area contributed by atoms with Crippen molar-refractivity contribution in [2.45, 2.75) is 51.7 Å². The van der Waals surface area contributed by atoms with Gasteiger partial charge < -0.3 is 22.3 Å². The van der Waals surface area contributed by atoms with E-state index in [2.05, 4.69) is 56.4 Å². The molecule has 2 aliphatic rings. The van der Waals surface area contributed by atoms with Crippen LogP contribution in [0.1, 0.15) is 32.6 Å². The zero-order valence-electron chi connectivity index (χ0n) is 16.5. The number of rotatable bonds is 3. The molecule has 0 aliphatic heterocycles. The van der Waals surface area contributed by atoms with Crippen molar-refractivity contribution < 1.29 is 21.7 Å². The molecule has 0 fully saturated rings. The van der Waals surface area contributed by atoms with Gasteiger partial charge in [0, 0.05) is 0 Å². The Morgan fingerprint density at radius 2 is 1.58 bits per heavy atom. The third-order valence-electron chi connectivity index (χ3n) is 5.07. The van der Waals surface area contributed by atoms with Gasteiger partial charge in [-0.25, -0.2) is 17.2 Å². The Labute approximate surface area is 167 Å². The zero-order valence-corrected chi connectivity index (χ0v) is 19.1. The second-order valence-electron chi connectivity index (χ2n) is 7.03. The van der Waals surface area contributed by atoms with E-state index >= 15 is 0 Å². The minimum atomic E-state index is -1.36. The van der Waals surface area contributed by atoms with Crippen LogP contribution in [0, 0.1) is 34.3 Å². The van der Waals surface area contributed by atoms with Crippen molar-refractivity contribution in [1.29, 1.82) is 0 Å². The van der Waals surface area contributed by atoms with E-state index in [0.717, 1.165) is 0 Å². The minimum Gasteiger partial charge on any atom is -0.358 e. The molecule has 0 heterocycles. The van der Waals surface area contributed by atoms with Crippen LogP contribution >= 0.6 is 0 Å². The van der Waals surface area contributed by atoms with Crippen molar-refractivity contribution in [3.8, 4) is 0 Å². The van der Waals surface area contributed by atoms with Gasteiger partial charge in [-0.15, -0.1) is 0 Å². The SMILES string of the molecule is CC1=[C-]C2=C(CCCC2)C1C[Si](C)(C)c1ccccc1.[CH3-].[CH3-].[CH3-].[Ti+4]. The Bertz CT molecular complexity index is 555. The molecule has 0 bridgehead atoms. The standard InChI is InChI=1S/C19H25Si.3CH3.Ti/c1-15-13-16-9-7-8-12-18(16)19(15)14-20(2,3)17-10-5-4-6-11-17;;;;/h4-6,10-11,19H,7-9,12,14H2,1-3H3;3*1H3;/q4*-1;+4. The molecule has 0 nitrogen and oxygen atoms in total. The van der Waals surface area contributed by atoms with Crippen LogP contribution in [-0.4, -0.2) is 8.07 Å². The van der Waals surface area contributed by atoms with Crippen molar-refractivity contribution in [2.75, 3.05) is 0 Å². The van der Waals surface area contributed by atoms with Gasteiger partial charge in [-0.05, 0) is 0 Å². The van der Waals surface area contributed by atoms with E-state index in [1.165, 1.54) is 37.3 Å². The van der Waals surface area contributed by atoms with Crippen molar-refractivity contribution >= 4 is 13.3 Å². The molecule has 1 atom stereocenters. The molecule has 0 saturated carbocycles. The molecule has 0 amide bonds. The average Bonchev–Trinajstić information content (AvgIpc) is 2.76. The van der Waals surface area contributed by atoms with Crippen LogP contribution in [0.5, 0.6) is 0 Å². The van der Waals surface area contributed by atoms with Crippen molar-refractivity contribution in [1.82, 2.24) is 0 Å². The van der Waals surface area contributed by atoms with E-state index in [1.54, 1.807) is 16.3 Å². The predicted molar refractivity (Wildman–Crippen MR) is 109 cm³/mol. The molecule has 0 radical (unpaired) electrons. The van der Waals surface area contributed by atoms with Crippen LogP contribution in [-0.2, 0) is 21.7 Å². The summed E-state index contributed by atoms with van der Waals surface area (Å²) in [5.41, 5.74) is 4.82. The van der Waals surface area contributed by atoms with E-state index in [4.69, 9.17) is 0 Å². The Balaban J connectivity index is 0. The monoisotopic (exact) mass is 374 g/mol. The van der Waals surface area contributed by atoms with Gasteiger partial charge in [-0.3, -0.25) is 0 Å². The van der Waals surface area contributed by atoms with Crippen LogP contribution in [0.4, 0.5) is 0 Å². The zero-order chi connectivity index (χ0) is 14.2. The second kappa shape index (κ2) is 10.6. The fourth-order valence-corrected chi connectivity index (χ4v) is 6.74. The third-order valence-corrected chi connectivity index (χ3v) is 8.40. The number of hydrogen-bond donors (Lipinski definition) is 0. The Morgan fingerprint density at radius 3 is 2.21 bits per heavy atom. The van der Waals surface area contributed by atoms with Gasteiger partial charge in [0.1, 0.15) is 0 Å². The van der Waals surface area contributed by atoms with Crippen LogP contribution < -0.4 is 5.19 Å². The van der Waals surface area contributed by atoms with Gasteiger partial charge in [0.2, 0.25) is 0 Å². The summed E-state index contributed by atoms with van der Waals surface area (Å²) < 4.78 is 0. The van der Waals surface area contributed by atoms with E-state index in [-0.39, 0.29) is 44.0 Å². The average molecular weight is 374 g/mol. The molecular formula is C22H34SiTi. The molecule has 0 N–H and O–H groups in total. The normalized spacial score (nSPS) is 19.0. The Hall–Kier alpha value is -0.369. The number of hydrogen-bond acceptors (Lipinski definition) is 0. The second-order valence-corrected chi connectivity index (χ2v) is 11.8. The molecule has 0 aromatic heterocycles. The summed E-state index contributed by atoms with van der Waals surface area (Å²) in [5.74, 6) is 0.701. The molecule has 0 spiro atoms. The van der Waals surface area contributed by atoms with Gasteiger partial charge in [0.25, 0.3) is 0 Å². The van der Waals surface area contributed by atoms with Gasteiger partial charge >= 0.3 is 21.7 Å². The molecule has 24 heavy (non-hydrogen) atoms. The van der Waals surface area contributed by atoms with Crippen molar-refractivity contribution in [2.24, 2.45) is 5.92 Å². The van der Waals surface area contributed by atoms with Crippen LogP contribution in [0.3, 0.4) is 0 Å². The first-order valence-electron chi connectivity index (χ1n) is 7.96. The van der Waals surface area contributed by atoms with Crippen LogP contribution in [0.25, 0.3) is 0 Å². The maximum atomic E-state index is 3.70. The van der Waals surface area contributed by atoms with E-state index < -0.39 is 8.07 Å². The van der Waals surface area contributed by atoms with Crippen LogP contribution in [0.15, 0.2) is 47.1 Å². The molecule has 3 rings (SSSR count).